The fourth-order valence-electron chi connectivity index (χ4n) is 1.33. The third kappa shape index (κ3) is 2.78. The van der Waals surface area contributed by atoms with E-state index in [1.54, 1.807) is 30.7 Å². The zero-order chi connectivity index (χ0) is 12.1. The molecular weight excluding hydrogens is 216 g/mol. The maximum atomic E-state index is 11.6. The summed E-state index contributed by atoms with van der Waals surface area (Å²) >= 11 is 0. The first-order chi connectivity index (χ1) is 8.27. The maximum absolute atomic E-state index is 11.6. The number of hydrazone groups is 1. The number of nitrogens with one attached hydrogen (secondary N) is 1. The van der Waals surface area contributed by atoms with Crippen LogP contribution in [-0.4, -0.2) is 21.7 Å². The van der Waals surface area contributed by atoms with E-state index in [0.29, 0.717) is 5.56 Å². The van der Waals surface area contributed by atoms with E-state index < -0.39 is 0 Å². The summed E-state index contributed by atoms with van der Waals surface area (Å²) in [6, 6.07) is 7.08. The van der Waals surface area contributed by atoms with Crippen LogP contribution in [0, 0.1) is 0 Å². The van der Waals surface area contributed by atoms with Crippen LogP contribution in [0.15, 0.2) is 48.0 Å². The first-order valence-electron chi connectivity index (χ1n) is 5.12. The number of pyridine rings is 1. The molecular formula is C12H12N4O. The molecule has 86 valence electrons. The first-order valence-corrected chi connectivity index (χ1v) is 5.12. The molecule has 1 N–H and O–H groups in total. The van der Waals surface area contributed by atoms with Crippen molar-refractivity contribution in [2.75, 3.05) is 0 Å². The van der Waals surface area contributed by atoms with Crippen LogP contribution in [0.2, 0.25) is 0 Å². The summed E-state index contributed by atoms with van der Waals surface area (Å²) in [5, 5.41) is 3.89. The highest BCUT2D eigenvalue weighted by Crippen LogP contribution is 1.96. The fourth-order valence-corrected chi connectivity index (χ4v) is 1.33. The Bertz CT molecular complexity index is 530. The number of hydrogen-bond donors (Lipinski definition) is 1. The number of carbonyl (C=O) groups is 1. The zero-order valence-corrected chi connectivity index (χ0v) is 9.37. The Hall–Kier alpha value is -2.43. The SMILES string of the molecule is Cn1cccc1/C=N\NC(=O)c1ccncc1. The second-order valence-corrected chi connectivity index (χ2v) is 3.48. The van der Waals surface area contributed by atoms with Gasteiger partial charge in [0, 0.05) is 31.2 Å². The monoisotopic (exact) mass is 228 g/mol. The van der Waals surface area contributed by atoms with Gasteiger partial charge >= 0.3 is 0 Å². The van der Waals surface area contributed by atoms with E-state index in [-0.39, 0.29) is 5.91 Å². The van der Waals surface area contributed by atoms with Crippen LogP contribution in [0.4, 0.5) is 0 Å². The Morgan fingerprint density at radius 2 is 2.18 bits per heavy atom. The van der Waals surface area contributed by atoms with E-state index >= 15 is 0 Å². The van der Waals surface area contributed by atoms with Crippen molar-refractivity contribution in [3.63, 3.8) is 0 Å². The molecule has 0 atom stereocenters. The molecule has 0 aromatic carbocycles. The van der Waals surface area contributed by atoms with Gasteiger partial charge in [-0.25, -0.2) is 5.43 Å². The minimum Gasteiger partial charge on any atom is -0.350 e. The quantitative estimate of drug-likeness (QED) is 0.633. The van der Waals surface area contributed by atoms with Gasteiger partial charge in [-0.2, -0.15) is 5.10 Å². The third-order valence-corrected chi connectivity index (χ3v) is 2.29. The molecule has 2 rings (SSSR count). The van der Waals surface area contributed by atoms with Crippen molar-refractivity contribution in [2.24, 2.45) is 12.1 Å². The molecule has 0 bridgehead atoms. The van der Waals surface area contributed by atoms with Crippen molar-refractivity contribution in [1.82, 2.24) is 15.0 Å². The van der Waals surface area contributed by atoms with Crippen molar-refractivity contribution in [3.05, 3.63) is 54.1 Å². The number of rotatable bonds is 3. The van der Waals surface area contributed by atoms with Crippen LogP contribution in [0.5, 0.6) is 0 Å². The zero-order valence-electron chi connectivity index (χ0n) is 9.37. The van der Waals surface area contributed by atoms with Gasteiger partial charge in [-0.05, 0) is 24.3 Å². The molecule has 0 unspecified atom stereocenters. The highest BCUT2D eigenvalue weighted by atomic mass is 16.2. The lowest BCUT2D eigenvalue weighted by atomic mass is 10.3. The number of amides is 1. The Morgan fingerprint density at radius 3 is 2.82 bits per heavy atom. The van der Waals surface area contributed by atoms with Gasteiger partial charge in [0.15, 0.2) is 0 Å². The Balaban J connectivity index is 1.97. The summed E-state index contributed by atoms with van der Waals surface area (Å²) in [6.07, 6.45) is 6.64. The molecule has 0 spiro atoms. The van der Waals surface area contributed by atoms with Crippen molar-refractivity contribution in [1.29, 1.82) is 0 Å². The van der Waals surface area contributed by atoms with Crippen LogP contribution >= 0.6 is 0 Å². The molecule has 0 aliphatic heterocycles. The summed E-state index contributed by atoms with van der Waals surface area (Å²) in [4.78, 5) is 15.4. The predicted octanol–water partition coefficient (Wildman–Crippen LogP) is 1.18. The molecule has 1 amide bonds. The van der Waals surface area contributed by atoms with E-state index in [4.69, 9.17) is 0 Å². The van der Waals surface area contributed by atoms with Gasteiger partial charge in [0.25, 0.3) is 5.91 Å². The van der Waals surface area contributed by atoms with E-state index in [9.17, 15) is 4.79 Å². The van der Waals surface area contributed by atoms with Crippen LogP contribution in [0.3, 0.4) is 0 Å². The van der Waals surface area contributed by atoms with Crippen LogP contribution < -0.4 is 5.43 Å². The Morgan fingerprint density at radius 1 is 1.41 bits per heavy atom. The molecule has 2 aromatic rings. The van der Waals surface area contributed by atoms with Crippen LogP contribution in [0.1, 0.15) is 16.1 Å². The molecule has 2 heterocycles. The summed E-state index contributed by atoms with van der Waals surface area (Å²) in [5.41, 5.74) is 3.90. The second-order valence-electron chi connectivity index (χ2n) is 3.48. The highest BCUT2D eigenvalue weighted by Gasteiger charge is 2.01. The fraction of sp³-hybridized carbons (Fsp3) is 0.0833. The minimum atomic E-state index is -0.252. The normalized spacial score (nSPS) is 10.6. The Labute approximate surface area is 98.8 Å². The van der Waals surface area contributed by atoms with E-state index in [1.165, 1.54) is 0 Å². The van der Waals surface area contributed by atoms with Gasteiger partial charge in [-0.15, -0.1) is 0 Å². The smallest absolute Gasteiger partial charge is 0.271 e. The van der Waals surface area contributed by atoms with Gasteiger partial charge in [0.05, 0.1) is 11.9 Å². The number of carbonyl (C=O) groups excluding carboxylic acids is 1. The van der Waals surface area contributed by atoms with E-state index in [1.807, 2.05) is 29.9 Å². The Kier molecular flexibility index (Phi) is 3.30. The summed E-state index contributed by atoms with van der Waals surface area (Å²) in [6.45, 7) is 0. The van der Waals surface area contributed by atoms with Crippen molar-refractivity contribution in [2.45, 2.75) is 0 Å². The van der Waals surface area contributed by atoms with Crippen molar-refractivity contribution in [3.8, 4) is 0 Å². The summed E-state index contributed by atoms with van der Waals surface area (Å²) < 4.78 is 1.90. The largest absolute Gasteiger partial charge is 0.350 e. The molecule has 0 aliphatic rings. The van der Waals surface area contributed by atoms with Gasteiger partial charge in [-0.3, -0.25) is 9.78 Å². The molecule has 0 saturated carbocycles. The molecule has 2 aromatic heterocycles. The lowest BCUT2D eigenvalue weighted by molar-refractivity contribution is 0.0955. The van der Waals surface area contributed by atoms with Crippen molar-refractivity contribution < 1.29 is 4.79 Å². The van der Waals surface area contributed by atoms with Crippen LogP contribution in [-0.2, 0) is 7.05 Å². The number of nitrogens with zero attached hydrogens (tertiary/aromatic N) is 3. The average molecular weight is 228 g/mol. The van der Waals surface area contributed by atoms with Gasteiger partial charge in [0.1, 0.15) is 0 Å². The molecule has 0 aliphatic carbocycles. The predicted molar refractivity (Wildman–Crippen MR) is 64.7 cm³/mol. The molecule has 0 saturated heterocycles. The maximum Gasteiger partial charge on any atom is 0.271 e. The van der Waals surface area contributed by atoms with Gasteiger partial charge in [0.2, 0.25) is 0 Å². The highest BCUT2D eigenvalue weighted by molar-refractivity contribution is 5.94. The van der Waals surface area contributed by atoms with Crippen molar-refractivity contribution >= 4 is 12.1 Å². The molecule has 5 heteroatoms. The third-order valence-electron chi connectivity index (χ3n) is 2.29. The summed E-state index contributed by atoms with van der Waals surface area (Å²) in [7, 11) is 1.91. The molecule has 0 radical (unpaired) electrons. The average Bonchev–Trinajstić information content (AvgIpc) is 2.76. The molecule has 5 nitrogen and oxygen atoms in total. The molecule has 17 heavy (non-hydrogen) atoms. The second kappa shape index (κ2) is 5.07. The standard InChI is InChI=1S/C12H12N4O/c1-16-8-2-3-11(16)9-14-15-12(17)10-4-6-13-7-5-10/h2-9H,1H3,(H,15,17)/b14-9-. The minimum absolute atomic E-state index is 0.252. The summed E-state index contributed by atoms with van der Waals surface area (Å²) in [5.74, 6) is -0.252. The van der Waals surface area contributed by atoms with Gasteiger partial charge < -0.3 is 4.57 Å². The van der Waals surface area contributed by atoms with E-state index in [0.717, 1.165) is 5.69 Å². The lowest BCUT2D eigenvalue weighted by Gasteiger charge is -1.99. The molecule has 0 fully saturated rings. The number of hydrogen-bond acceptors (Lipinski definition) is 3. The number of aromatic nitrogens is 2. The van der Waals surface area contributed by atoms with E-state index in [2.05, 4.69) is 15.5 Å². The van der Waals surface area contributed by atoms with Gasteiger partial charge in [-0.1, -0.05) is 0 Å². The number of aryl methyl sites for hydroxylation is 1. The van der Waals surface area contributed by atoms with Crippen LogP contribution in [0.25, 0.3) is 0 Å². The topological polar surface area (TPSA) is 59.3 Å². The first kappa shape index (κ1) is 11.1. The lowest BCUT2D eigenvalue weighted by Crippen LogP contribution is -2.17.